The van der Waals surface area contributed by atoms with Gasteiger partial charge in [-0.05, 0) is 69.6 Å². The summed E-state index contributed by atoms with van der Waals surface area (Å²) in [5.74, 6) is 0.260. The van der Waals surface area contributed by atoms with E-state index in [0.29, 0.717) is 41.8 Å². The monoisotopic (exact) mass is 434 g/mol. The Morgan fingerprint density at radius 3 is 2.52 bits per heavy atom. The van der Waals surface area contributed by atoms with Crippen molar-refractivity contribution in [2.24, 2.45) is 5.92 Å². The second kappa shape index (κ2) is 9.57. The highest BCUT2D eigenvalue weighted by molar-refractivity contribution is 6.31. The molecule has 1 fully saturated rings. The molecule has 0 spiro atoms. The maximum Gasteiger partial charge on any atom is 0.241 e. The first-order chi connectivity index (χ1) is 13.8. The van der Waals surface area contributed by atoms with E-state index in [2.05, 4.69) is 20.5 Å². The van der Waals surface area contributed by atoms with Crippen molar-refractivity contribution in [2.45, 2.75) is 32.7 Å². The van der Waals surface area contributed by atoms with Gasteiger partial charge in [0.2, 0.25) is 11.8 Å². The molecule has 2 heterocycles. The van der Waals surface area contributed by atoms with Gasteiger partial charge >= 0.3 is 0 Å². The lowest BCUT2D eigenvalue weighted by Gasteiger charge is -2.34. The highest BCUT2D eigenvalue weighted by Gasteiger charge is 2.30. The van der Waals surface area contributed by atoms with E-state index in [1.54, 1.807) is 18.2 Å². The minimum absolute atomic E-state index is 0.0499. The summed E-state index contributed by atoms with van der Waals surface area (Å²) in [5.41, 5.74) is 1.57. The number of hydrogen-bond donors (Lipinski definition) is 2. The highest BCUT2D eigenvalue weighted by Crippen LogP contribution is 2.25. The van der Waals surface area contributed by atoms with Crippen LogP contribution in [0.3, 0.4) is 0 Å². The largest absolute Gasteiger partial charge is 0.324 e. The lowest BCUT2D eigenvalue weighted by molar-refractivity contribution is -0.123. The number of aromatic nitrogens is 1. The van der Waals surface area contributed by atoms with E-state index in [1.807, 2.05) is 26.0 Å². The molecular formula is C21H24Cl2N4O2. The van der Waals surface area contributed by atoms with Crippen LogP contribution in [0.1, 0.15) is 25.3 Å². The van der Waals surface area contributed by atoms with Gasteiger partial charge in [0.1, 0.15) is 5.82 Å². The zero-order valence-corrected chi connectivity index (χ0v) is 17.9. The molecule has 0 aliphatic carbocycles. The minimum Gasteiger partial charge on any atom is -0.324 e. The summed E-state index contributed by atoms with van der Waals surface area (Å²) in [6.45, 7) is 5.11. The van der Waals surface area contributed by atoms with E-state index in [0.717, 1.165) is 11.3 Å². The van der Waals surface area contributed by atoms with Gasteiger partial charge in [-0.15, -0.1) is 0 Å². The lowest BCUT2D eigenvalue weighted by Crippen LogP contribution is -2.47. The molecule has 2 aromatic rings. The number of piperidine rings is 1. The third kappa shape index (κ3) is 5.47. The third-order valence-corrected chi connectivity index (χ3v) is 5.96. The van der Waals surface area contributed by atoms with Crippen molar-refractivity contribution in [3.8, 4) is 0 Å². The summed E-state index contributed by atoms with van der Waals surface area (Å²) < 4.78 is 0. The van der Waals surface area contributed by atoms with Crippen LogP contribution in [0, 0.1) is 12.8 Å². The zero-order chi connectivity index (χ0) is 21.0. The van der Waals surface area contributed by atoms with Crippen LogP contribution >= 0.6 is 23.2 Å². The molecule has 0 saturated carbocycles. The number of hydrogen-bond acceptors (Lipinski definition) is 4. The van der Waals surface area contributed by atoms with Gasteiger partial charge in [0, 0.05) is 22.8 Å². The molecule has 0 bridgehead atoms. The standard InChI is InChI=1S/C21H24Cl2N4O2/c1-13-17(23)4-3-5-18(13)25-20(28)14(2)27-10-8-15(9-11-27)21(29)26-19-7-6-16(22)12-24-19/h3-7,12,14-15H,8-11H2,1-2H3,(H,25,28)(H,24,26,29). The number of benzene rings is 1. The van der Waals surface area contributed by atoms with Gasteiger partial charge in [-0.3, -0.25) is 14.5 Å². The first-order valence-corrected chi connectivity index (χ1v) is 10.3. The van der Waals surface area contributed by atoms with E-state index in [9.17, 15) is 9.59 Å². The fraction of sp³-hybridized carbons (Fsp3) is 0.381. The molecule has 2 N–H and O–H groups in total. The maximum absolute atomic E-state index is 12.7. The number of amides is 2. The lowest BCUT2D eigenvalue weighted by atomic mass is 9.95. The first kappa shape index (κ1) is 21.6. The Hall–Kier alpha value is -2.15. The average molecular weight is 435 g/mol. The molecule has 1 aliphatic heterocycles. The highest BCUT2D eigenvalue weighted by atomic mass is 35.5. The van der Waals surface area contributed by atoms with Crippen LogP contribution in [0.15, 0.2) is 36.5 Å². The Morgan fingerprint density at radius 2 is 1.86 bits per heavy atom. The number of carbonyl (C=O) groups excluding carboxylic acids is 2. The van der Waals surface area contributed by atoms with Crippen molar-refractivity contribution in [3.05, 3.63) is 52.1 Å². The predicted octanol–water partition coefficient (Wildman–Crippen LogP) is 4.37. The number of anilines is 2. The fourth-order valence-corrected chi connectivity index (χ4v) is 3.66. The summed E-state index contributed by atoms with van der Waals surface area (Å²) in [7, 11) is 0. The minimum atomic E-state index is -0.296. The molecule has 1 aromatic carbocycles. The Kier molecular flexibility index (Phi) is 7.11. The van der Waals surface area contributed by atoms with Gasteiger partial charge in [0.15, 0.2) is 0 Å². The van der Waals surface area contributed by atoms with Crippen molar-refractivity contribution < 1.29 is 9.59 Å². The maximum atomic E-state index is 12.7. The first-order valence-electron chi connectivity index (χ1n) is 9.57. The van der Waals surface area contributed by atoms with Crippen LogP contribution < -0.4 is 10.6 Å². The van der Waals surface area contributed by atoms with Crippen LogP contribution in [-0.4, -0.2) is 40.8 Å². The molecule has 154 valence electrons. The number of carbonyl (C=O) groups is 2. The third-order valence-electron chi connectivity index (χ3n) is 5.33. The predicted molar refractivity (Wildman–Crippen MR) is 116 cm³/mol. The molecule has 6 nitrogen and oxygen atoms in total. The topological polar surface area (TPSA) is 74.3 Å². The second-order valence-corrected chi connectivity index (χ2v) is 8.08. The van der Waals surface area contributed by atoms with Crippen LogP contribution in [0.4, 0.5) is 11.5 Å². The summed E-state index contributed by atoms with van der Waals surface area (Å²) in [5, 5.41) is 6.93. The fourth-order valence-electron chi connectivity index (χ4n) is 3.37. The molecule has 1 unspecified atom stereocenters. The van der Waals surface area contributed by atoms with Gasteiger partial charge in [-0.1, -0.05) is 29.3 Å². The van der Waals surface area contributed by atoms with E-state index < -0.39 is 0 Å². The van der Waals surface area contributed by atoms with E-state index in [4.69, 9.17) is 23.2 Å². The Bertz CT molecular complexity index is 881. The van der Waals surface area contributed by atoms with Crippen LogP contribution in [0.25, 0.3) is 0 Å². The van der Waals surface area contributed by atoms with Crippen molar-refractivity contribution in [1.82, 2.24) is 9.88 Å². The van der Waals surface area contributed by atoms with Gasteiger partial charge in [0.05, 0.1) is 11.1 Å². The van der Waals surface area contributed by atoms with E-state index in [-0.39, 0.29) is 23.8 Å². The molecule has 0 radical (unpaired) electrons. The van der Waals surface area contributed by atoms with E-state index >= 15 is 0 Å². The molecule has 2 amide bonds. The Morgan fingerprint density at radius 1 is 1.14 bits per heavy atom. The van der Waals surface area contributed by atoms with E-state index in [1.165, 1.54) is 6.20 Å². The van der Waals surface area contributed by atoms with Crippen LogP contribution in [0.2, 0.25) is 10.0 Å². The Labute approximate surface area is 180 Å². The Balaban J connectivity index is 1.51. The van der Waals surface area contributed by atoms with Gasteiger partial charge in [-0.2, -0.15) is 0 Å². The molecule has 8 heteroatoms. The SMILES string of the molecule is Cc1c(Cl)cccc1NC(=O)C(C)N1CCC(C(=O)Nc2ccc(Cl)cn2)CC1. The molecule has 3 rings (SSSR count). The number of nitrogens with one attached hydrogen (secondary N) is 2. The quantitative estimate of drug-likeness (QED) is 0.732. The second-order valence-electron chi connectivity index (χ2n) is 7.24. The summed E-state index contributed by atoms with van der Waals surface area (Å²) in [6.07, 6.45) is 2.88. The van der Waals surface area contributed by atoms with Crippen molar-refractivity contribution in [3.63, 3.8) is 0 Å². The number of halogens is 2. The molecule has 1 atom stereocenters. The summed E-state index contributed by atoms with van der Waals surface area (Å²) >= 11 is 11.9. The molecule has 1 aliphatic rings. The van der Waals surface area contributed by atoms with Crippen molar-refractivity contribution >= 4 is 46.5 Å². The van der Waals surface area contributed by atoms with Crippen molar-refractivity contribution in [1.29, 1.82) is 0 Å². The van der Waals surface area contributed by atoms with Crippen molar-refractivity contribution in [2.75, 3.05) is 23.7 Å². The van der Waals surface area contributed by atoms with Crippen LogP contribution in [0.5, 0.6) is 0 Å². The van der Waals surface area contributed by atoms with Gasteiger partial charge in [0.25, 0.3) is 0 Å². The summed E-state index contributed by atoms with van der Waals surface area (Å²) in [4.78, 5) is 31.3. The van der Waals surface area contributed by atoms with Crippen LogP contribution in [-0.2, 0) is 9.59 Å². The smallest absolute Gasteiger partial charge is 0.241 e. The average Bonchev–Trinajstić information content (AvgIpc) is 2.72. The number of pyridine rings is 1. The molecule has 1 saturated heterocycles. The molecule has 1 aromatic heterocycles. The number of rotatable bonds is 5. The van der Waals surface area contributed by atoms with Gasteiger partial charge < -0.3 is 10.6 Å². The number of likely N-dealkylation sites (tertiary alicyclic amines) is 1. The normalized spacial score (nSPS) is 16.3. The molecule has 29 heavy (non-hydrogen) atoms. The molecular weight excluding hydrogens is 411 g/mol. The van der Waals surface area contributed by atoms with Gasteiger partial charge in [-0.25, -0.2) is 4.98 Å². The summed E-state index contributed by atoms with van der Waals surface area (Å²) in [6, 6.07) is 8.53. The zero-order valence-electron chi connectivity index (χ0n) is 16.4. The number of nitrogens with zero attached hydrogens (tertiary/aromatic N) is 2.